The van der Waals surface area contributed by atoms with Crippen molar-refractivity contribution in [3.63, 3.8) is 0 Å². The van der Waals surface area contributed by atoms with Gasteiger partial charge in [0.25, 0.3) is 6.43 Å². The molecule has 5 heteroatoms. The first-order valence-electron chi connectivity index (χ1n) is 6.44. The molecule has 1 rings (SSSR count). The fraction of sp³-hybridized carbons (Fsp3) is 0.571. The Labute approximate surface area is 112 Å². The van der Waals surface area contributed by atoms with Crippen LogP contribution in [0.3, 0.4) is 0 Å². The van der Waals surface area contributed by atoms with Crippen LogP contribution in [0, 0.1) is 5.92 Å². The lowest BCUT2D eigenvalue weighted by Gasteiger charge is -2.26. The normalized spacial score (nSPS) is 16.4. The van der Waals surface area contributed by atoms with Crippen molar-refractivity contribution in [2.24, 2.45) is 11.7 Å². The number of aliphatic hydroxyl groups is 1. The zero-order valence-corrected chi connectivity index (χ0v) is 11.3. The number of hydrogen-bond donors (Lipinski definition) is 3. The van der Waals surface area contributed by atoms with Gasteiger partial charge in [0, 0.05) is 30.8 Å². The second-order valence-electron chi connectivity index (χ2n) is 4.87. The number of alkyl halides is 2. The molecule has 3 nitrogen and oxygen atoms in total. The van der Waals surface area contributed by atoms with Gasteiger partial charge < -0.3 is 16.2 Å². The maximum absolute atomic E-state index is 12.7. The third-order valence-corrected chi connectivity index (χ3v) is 3.41. The molecule has 0 heterocycles. The van der Waals surface area contributed by atoms with Crippen LogP contribution in [0.4, 0.5) is 8.78 Å². The number of aliphatic hydroxyl groups excluding tert-OH is 1. The molecule has 0 saturated carbocycles. The monoisotopic (exact) mass is 272 g/mol. The molecule has 4 N–H and O–H groups in total. The molecule has 3 atom stereocenters. The van der Waals surface area contributed by atoms with Gasteiger partial charge in [0.2, 0.25) is 0 Å². The topological polar surface area (TPSA) is 58.3 Å². The summed E-state index contributed by atoms with van der Waals surface area (Å²) < 4.78 is 25.4. The maximum atomic E-state index is 12.7. The third-order valence-electron chi connectivity index (χ3n) is 3.41. The van der Waals surface area contributed by atoms with Crippen LogP contribution in [-0.4, -0.2) is 24.3 Å². The zero-order chi connectivity index (χ0) is 14.4. The van der Waals surface area contributed by atoms with E-state index in [0.29, 0.717) is 6.54 Å². The molecule has 0 aliphatic rings. The summed E-state index contributed by atoms with van der Waals surface area (Å²) in [5.74, 6) is 0.0762. The Balaban J connectivity index is 2.82. The van der Waals surface area contributed by atoms with E-state index in [1.54, 1.807) is 12.1 Å². The second-order valence-corrected chi connectivity index (χ2v) is 4.87. The molecule has 0 bridgehead atoms. The Morgan fingerprint density at radius 1 is 1.26 bits per heavy atom. The van der Waals surface area contributed by atoms with Crippen molar-refractivity contribution in [3.05, 3.63) is 35.4 Å². The highest BCUT2D eigenvalue weighted by Crippen LogP contribution is 2.23. The predicted molar refractivity (Wildman–Crippen MR) is 72.0 cm³/mol. The molecular formula is C14H22F2N2O. The van der Waals surface area contributed by atoms with Gasteiger partial charge in [0.1, 0.15) is 0 Å². The highest BCUT2D eigenvalue weighted by Gasteiger charge is 2.18. The molecule has 0 amide bonds. The molecule has 0 aliphatic heterocycles. The maximum Gasteiger partial charge on any atom is 0.263 e. The summed E-state index contributed by atoms with van der Waals surface area (Å²) in [4.78, 5) is 0. The summed E-state index contributed by atoms with van der Waals surface area (Å²) in [6, 6.07) is 6.14. The van der Waals surface area contributed by atoms with Crippen molar-refractivity contribution in [1.82, 2.24) is 5.32 Å². The number of nitrogens with two attached hydrogens (primary N) is 1. The second kappa shape index (κ2) is 7.53. The van der Waals surface area contributed by atoms with Crippen LogP contribution in [0.25, 0.3) is 0 Å². The van der Waals surface area contributed by atoms with E-state index in [9.17, 15) is 8.78 Å². The summed E-state index contributed by atoms with van der Waals surface area (Å²) in [5.41, 5.74) is 6.46. The van der Waals surface area contributed by atoms with Gasteiger partial charge in [-0.2, -0.15) is 0 Å². The van der Waals surface area contributed by atoms with E-state index in [4.69, 9.17) is 10.8 Å². The molecule has 0 aliphatic carbocycles. The minimum absolute atomic E-state index is 0.000565. The van der Waals surface area contributed by atoms with Crippen LogP contribution in [0.5, 0.6) is 0 Å². The average Bonchev–Trinajstić information content (AvgIpc) is 2.43. The fourth-order valence-electron chi connectivity index (χ4n) is 1.85. The fourth-order valence-corrected chi connectivity index (χ4v) is 1.85. The first kappa shape index (κ1) is 16.0. The van der Waals surface area contributed by atoms with E-state index in [1.807, 2.05) is 13.8 Å². The van der Waals surface area contributed by atoms with Gasteiger partial charge in [-0.15, -0.1) is 0 Å². The largest absolute Gasteiger partial charge is 0.396 e. The predicted octanol–water partition coefficient (Wildman–Crippen LogP) is 2.23. The quantitative estimate of drug-likeness (QED) is 0.713. The van der Waals surface area contributed by atoms with Crippen LogP contribution >= 0.6 is 0 Å². The summed E-state index contributed by atoms with van der Waals surface area (Å²) in [5, 5.41) is 12.4. The van der Waals surface area contributed by atoms with Crippen molar-refractivity contribution in [1.29, 1.82) is 0 Å². The van der Waals surface area contributed by atoms with Crippen molar-refractivity contribution in [2.45, 2.75) is 32.4 Å². The lowest BCUT2D eigenvalue weighted by atomic mass is 9.99. The van der Waals surface area contributed by atoms with Crippen LogP contribution < -0.4 is 11.1 Å². The Morgan fingerprint density at radius 3 is 2.42 bits per heavy atom. The Morgan fingerprint density at radius 2 is 1.89 bits per heavy atom. The lowest BCUT2D eigenvalue weighted by Crippen LogP contribution is -2.39. The van der Waals surface area contributed by atoms with Crippen molar-refractivity contribution in [3.8, 4) is 0 Å². The van der Waals surface area contributed by atoms with E-state index in [1.165, 1.54) is 12.1 Å². The van der Waals surface area contributed by atoms with E-state index < -0.39 is 6.43 Å². The van der Waals surface area contributed by atoms with Crippen molar-refractivity contribution < 1.29 is 13.9 Å². The van der Waals surface area contributed by atoms with E-state index in [2.05, 4.69) is 5.32 Å². The van der Waals surface area contributed by atoms with E-state index in [0.717, 1.165) is 5.56 Å². The smallest absolute Gasteiger partial charge is 0.263 e. The molecule has 0 aromatic heterocycles. The molecule has 0 saturated heterocycles. The summed E-state index contributed by atoms with van der Waals surface area (Å²) >= 11 is 0. The van der Waals surface area contributed by atoms with Gasteiger partial charge in [0.05, 0.1) is 0 Å². The number of halogens is 2. The lowest BCUT2D eigenvalue weighted by molar-refractivity contribution is 0.151. The molecular weight excluding hydrogens is 250 g/mol. The van der Waals surface area contributed by atoms with Crippen LogP contribution in [0.2, 0.25) is 0 Å². The van der Waals surface area contributed by atoms with Gasteiger partial charge in [-0.05, 0) is 24.5 Å². The Hall–Kier alpha value is -1.04. The number of benzene rings is 1. The number of hydrogen-bond acceptors (Lipinski definition) is 3. The minimum atomic E-state index is -2.48. The van der Waals surface area contributed by atoms with E-state index in [-0.39, 0.29) is 30.2 Å². The number of rotatable bonds is 7. The molecule has 19 heavy (non-hydrogen) atoms. The number of nitrogens with one attached hydrogen (secondary N) is 1. The van der Waals surface area contributed by atoms with Gasteiger partial charge in [-0.1, -0.05) is 25.1 Å². The van der Waals surface area contributed by atoms with Gasteiger partial charge >= 0.3 is 0 Å². The Kier molecular flexibility index (Phi) is 6.34. The van der Waals surface area contributed by atoms with E-state index >= 15 is 0 Å². The first-order valence-corrected chi connectivity index (χ1v) is 6.44. The molecule has 3 unspecified atom stereocenters. The summed E-state index contributed by atoms with van der Waals surface area (Å²) in [6.07, 6.45) is -2.48. The molecule has 1 aromatic carbocycles. The highest BCUT2D eigenvalue weighted by molar-refractivity contribution is 5.27. The SMILES string of the molecule is CC(CO)C(C)NC(CN)c1cccc(C(F)F)c1. The van der Waals surface area contributed by atoms with Crippen LogP contribution in [-0.2, 0) is 0 Å². The van der Waals surface area contributed by atoms with Gasteiger partial charge in [-0.25, -0.2) is 8.78 Å². The molecule has 0 spiro atoms. The van der Waals surface area contributed by atoms with Crippen LogP contribution in [0.1, 0.15) is 37.4 Å². The molecule has 0 radical (unpaired) electrons. The standard InChI is InChI=1S/C14H22F2N2O/c1-9(8-19)10(2)18-13(7-17)11-4-3-5-12(6-11)14(15)16/h3-6,9-10,13-14,18-19H,7-8,17H2,1-2H3. The first-order chi connectivity index (χ1) is 8.99. The van der Waals surface area contributed by atoms with Gasteiger partial charge in [-0.3, -0.25) is 0 Å². The molecule has 0 fully saturated rings. The van der Waals surface area contributed by atoms with Crippen LogP contribution in [0.15, 0.2) is 24.3 Å². The van der Waals surface area contributed by atoms with Gasteiger partial charge in [0.15, 0.2) is 0 Å². The minimum Gasteiger partial charge on any atom is -0.396 e. The Bertz CT molecular complexity index is 387. The average molecular weight is 272 g/mol. The molecule has 108 valence electrons. The highest BCUT2D eigenvalue weighted by atomic mass is 19.3. The summed E-state index contributed by atoms with van der Waals surface area (Å²) in [6.45, 7) is 4.25. The third kappa shape index (κ3) is 4.53. The zero-order valence-electron chi connectivity index (χ0n) is 11.3. The summed E-state index contributed by atoms with van der Waals surface area (Å²) in [7, 11) is 0. The van der Waals surface area contributed by atoms with Crippen molar-refractivity contribution >= 4 is 0 Å². The molecule has 1 aromatic rings. The van der Waals surface area contributed by atoms with Crippen molar-refractivity contribution in [2.75, 3.05) is 13.2 Å².